The maximum atomic E-state index is 12.2. The number of nitrogens with two attached hydrogens (primary N) is 1. The van der Waals surface area contributed by atoms with Crippen molar-refractivity contribution in [2.45, 2.75) is 31.2 Å². The summed E-state index contributed by atoms with van der Waals surface area (Å²) < 4.78 is 5.27. The summed E-state index contributed by atoms with van der Waals surface area (Å²) in [5.74, 6) is 0.227. The van der Waals surface area contributed by atoms with Crippen molar-refractivity contribution in [2.75, 3.05) is 26.3 Å². The van der Waals surface area contributed by atoms with Crippen LogP contribution in [-0.4, -0.2) is 37.1 Å². The molecule has 3 rings (SSSR count). The lowest BCUT2D eigenvalue weighted by Crippen LogP contribution is -2.40. The molecule has 108 valence electrons. The molecule has 0 atom stereocenters. The van der Waals surface area contributed by atoms with E-state index < -0.39 is 0 Å². The van der Waals surface area contributed by atoms with Crippen molar-refractivity contribution in [1.82, 2.24) is 4.90 Å². The Hall–Kier alpha value is -1.39. The maximum Gasteiger partial charge on any atom is 0.223 e. The molecule has 2 fully saturated rings. The van der Waals surface area contributed by atoms with E-state index in [0.29, 0.717) is 19.6 Å². The van der Waals surface area contributed by atoms with E-state index in [-0.39, 0.29) is 11.4 Å². The second-order valence-corrected chi connectivity index (χ2v) is 5.81. The topological polar surface area (TPSA) is 55.6 Å². The molecule has 1 aromatic rings. The Labute approximate surface area is 119 Å². The number of benzene rings is 1. The van der Waals surface area contributed by atoms with Gasteiger partial charge in [-0.1, -0.05) is 24.3 Å². The third-order valence-electron chi connectivity index (χ3n) is 4.31. The van der Waals surface area contributed by atoms with Gasteiger partial charge in [0.2, 0.25) is 5.91 Å². The summed E-state index contributed by atoms with van der Waals surface area (Å²) in [6.07, 6.45) is 3.46. The zero-order chi connectivity index (χ0) is 14.0. The van der Waals surface area contributed by atoms with Gasteiger partial charge in [-0.05, 0) is 30.4 Å². The molecule has 1 heterocycles. The van der Waals surface area contributed by atoms with Crippen molar-refractivity contribution in [3.63, 3.8) is 0 Å². The molecule has 1 aliphatic carbocycles. The van der Waals surface area contributed by atoms with Gasteiger partial charge in [-0.3, -0.25) is 4.79 Å². The van der Waals surface area contributed by atoms with Gasteiger partial charge >= 0.3 is 0 Å². The van der Waals surface area contributed by atoms with Crippen LogP contribution in [-0.2, 0) is 21.5 Å². The minimum absolute atomic E-state index is 0.126. The first-order valence-electron chi connectivity index (χ1n) is 7.42. The van der Waals surface area contributed by atoms with Gasteiger partial charge in [0, 0.05) is 25.0 Å². The van der Waals surface area contributed by atoms with E-state index in [0.717, 1.165) is 32.4 Å². The van der Waals surface area contributed by atoms with E-state index in [4.69, 9.17) is 10.5 Å². The number of carbonyl (C=O) groups is 1. The van der Waals surface area contributed by atoms with Gasteiger partial charge in [-0.25, -0.2) is 0 Å². The SMILES string of the molecule is NC1(c2ccccc2CCC(=O)N2CCOCC2)CC1. The molecule has 1 amide bonds. The van der Waals surface area contributed by atoms with Crippen LogP contribution < -0.4 is 5.73 Å². The van der Waals surface area contributed by atoms with Crippen molar-refractivity contribution in [3.8, 4) is 0 Å². The number of aryl methyl sites for hydroxylation is 1. The Balaban J connectivity index is 1.62. The van der Waals surface area contributed by atoms with Gasteiger partial charge in [0.15, 0.2) is 0 Å². The highest BCUT2D eigenvalue weighted by atomic mass is 16.5. The molecule has 4 heteroatoms. The summed E-state index contributed by atoms with van der Waals surface area (Å²) >= 11 is 0. The third kappa shape index (κ3) is 2.86. The predicted octanol–water partition coefficient (Wildman–Crippen LogP) is 1.43. The molecule has 1 saturated carbocycles. The van der Waals surface area contributed by atoms with E-state index in [1.54, 1.807) is 0 Å². The number of ether oxygens (including phenoxy) is 1. The largest absolute Gasteiger partial charge is 0.378 e. The lowest BCUT2D eigenvalue weighted by molar-refractivity contribution is -0.135. The molecule has 2 N–H and O–H groups in total. The minimum atomic E-state index is -0.126. The standard InChI is InChI=1S/C16H22N2O2/c17-16(7-8-16)14-4-2-1-3-13(14)5-6-15(19)18-9-11-20-12-10-18/h1-4H,5-12,17H2. The van der Waals surface area contributed by atoms with Crippen molar-refractivity contribution < 1.29 is 9.53 Å². The summed E-state index contributed by atoms with van der Waals surface area (Å²) in [5.41, 5.74) is 8.64. The Kier molecular flexibility index (Phi) is 3.76. The first-order valence-corrected chi connectivity index (χ1v) is 7.42. The van der Waals surface area contributed by atoms with E-state index in [1.165, 1.54) is 11.1 Å². The van der Waals surface area contributed by atoms with Crippen LogP contribution in [0.1, 0.15) is 30.4 Å². The number of rotatable bonds is 4. The number of morpholine rings is 1. The molecule has 0 unspecified atom stereocenters. The summed E-state index contributed by atoms with van der Waals surface area (Å²) in [7, 11) is 0. The Morgan fingerprint density at radius 3 is 2.65 bits per heavy atom. The molecule has 1 saturated heterocycles. The highest BCUT2D eigenvalue weighted by Gasteiger charge is 2.41. The first-order chi connectivity index (χ1) is 9.69. The van der Waals surface area contributed by atoms with E-state index in [9.17, 15) is 4.79 Å². The quantitative estimate of drug-likeness (QED) is 0.903. The Morgan fingerprint density at radius 2 is 1.95 bits per heavy atom. The van der Waals surface area contributed by atoms with Crippen LogP contribution >= 0.6 is 0 Å². The Morgan fingerprint density at radius 1 is 1.25 bits per heavy atom. The monoisotopic (exact) mass is 274 g/mol. The molecular weight excluding hydrogens is 252 g/mol. The van der Waals surface area contributed by atoms with Crippen LogP contribution in [0.3, 0.4) is 0 Å². The Bertz CT molecular complexity index is 491. The van der Waals surface area contributed by atoms with Gasteiger partial charge in [-0.15, -0.1) is 0 Å². The molecule has 1 aromatic carbocycles. The average molecular weight is 274 g/mol. The summed E-state index contributed by atoms with van der Waals surface area (Å²) in [6.45, 7) is 2.77. The highest BCUT2D eigenvalue weighted by molar-refractivity contribution is 5.76. The van der Waals surface area contributed by atoms with Crippen LogP contribution in [0.25, 0.3) is 0 Å². The molecule has 2 aliphatic rings. The normalized spacial score (nSPS) is 20.8. The van der Waals surface area contributed by atoms with Crippen molar-refractivity contribution in [3.05, 3.63) is 35.4 Å². The molecule has 4 nitrogen and oxygen atoms in total. The first kappa shape index (κ1) is 13.6. The zero-order valence-electron chi connectivity index (χ0n) is 11.8. The molecule has 1 aliphatic heterocycles. The molecule has 0 aromatic heterocycles. The van der Waals surface area contributed by atoms with Gasteiger partial charge in [0.05, 0.1) is 13.2 Å². The number of amides is 1. The lowest BCUT2D eigenvalue weighted by Gasteiger charge is -2.27. The predicted molar refractivity (Wildman–Crippen MR) is 77.3 cm³/mol. The van der Waals surface area contributed by atoms with E-state index in [2.05, 4.69) is 12.1 Å². The number of nitrogens with zero attached hydrogens (tertiary/aromatic N) is 1. The minimum Gasteiger partial charge on any atom is -0.378 e. The van der Waals surface area contributed by atoms with Gasteiger partial charge in [0.25, 0.3) is 0 Å². The zero-order valence-corrected chi connectivity index (χ0v) is 11.8. The van der Waals surface area contributed by atoms with E-state index in [1.807, 2.05) is 17.0 Å². The second kappa shape index (κ2) is 5.54. The van der Waals surface area contributed by atoms with Crippen molar-refractivity contribution >= 4 is 5.91 Å². The number of hydrogen-bond donors (Lipinski definition) is 1. The fourth-order valence-corrected chi connectivity index (χ4v) is 2.84. The summed E-state index contributed by atoms with van der Waals surface area (Å²) in [4.78, 5) is 14.1. The molecule has 0 bridgehead atoms. The third-order valence-corrected chi connectivity index (χ3v) is 4.31. The average Bonchev–Trinajstić information content (AvgIpc) is 3.25. The van der Waals surface area contributed by atoms with Crippen LogP contribution in [0.15, 0.2) is 24.3 Å². The van der Waals surface area contributed by atoms with E-state index >= 15 is 0 Å². The molecule has 0 spiro atoms. The number of hydrogen-bond acceptors (Lipinski definition) is 3. The van der Waals surface area contributed by atoms with Gasteiger partial charge in [0.1, 0.15) is 0 Å². The maximum absolute atomic E-state index is 12.2. The molecular formula is C16H22N2O2. The van der Waals surface area contributed by atoms with Crippen LogP contribution in [0.4, 0.5) is 0 Å². The van der Waals surface area contributed by atoms with Crippen LogP contribution in [0.5, 0.6) is 0 Å². The highest BCUT2D eigenvalue weighted by Crippen LogP contribution is 2.44. The van der Waals surface area contributed by atoms with Gasteiger partial charge < -0.3 is 15.4 Å². The fraction of sp³-hybridized carbons (Fsp3) is 0.562. The molecule has 20 heavy (non-hydrogen) atoms. The van der Waals surface area contributed by atoms with Crippen molar-refractivity contribution in [1.29, 1.82) is 0 Å². The fourth-order valence-electron chi connectivity index (χ4n) is 2.84. The van der Waals surface area contributed by atoms with Crippen molar-refractivity contribution in [2.24, 2.45) is 5.73 Å². The second-order valence-electron chi connectivity index (χ2n) is 5.81. The van der Waals surface area contributed by atoms with Crippen LogP contribution in [0, 0.1) is 0 Å². The number of carbonyl (C=O) groups excluding carboxylic acids is 1. The summed E-state index contributed by atoms with van der Waals surface area (Å²) in [5, 5.41) is 0. The van der Waals surface area contributed by atoms with Gasteiger partial charge in [-0.2, -0.15) is 0 Å². The smallest absolute Gasteiger partial charge is 0.223 e. The summed E-state index contributed by atoms with van der Waals surface area (Å²) in [6, 6.07) is 8.29. The molecule has 0 radical (unpaired) electrons. The lowest BCUT2D eigenvalue weighted by atomic mass is 9.95. The van der Waals surface area contributed by atoms with Crippen LogP contribution in [0.2, 0.25) is 0 Å².